The predicted octanol–water partition coefficient (Wildman–Crippen LogP) is 4.01. The Kier molecular flexibility index (Phi) is 8.37. The molecular weight excluding hydrogens is 530 g/mol. The maximum Gasteiger partial charge on any atom is 0.232 e. The molecule has 6 rings (SSSR count). The fourth-order valence-corrected chi connectivity index (χ4v) is 5.46. The highest BCUT2D eigenvalue weighted by Gasteiger charge is 2.23. The van der Waals surface area contributed by atoms with Gasteiger partial charge in [0.1, 0.15) is 11.6 Å². The van der Waals surface area contributed by atoms with Gasteiger partial charge in [-0.1, -0.05) is 42.5 Å². The minimum atomic E-state index is 0.486. The Morgan fingerprint density at radius 1 is 0.659 bits per heavy atom. The Bertz CT molecular complexity index is 1330. The minimum Gasteiger partial charge on any atom is -0.368 e. The van der Waals surface area contributed by atoms with Gasteiger partial charge in [0.2, 0.25) is 5.95 Å². The van der Waals surface area contributed by atoms with Gasteiger partial charge in [-0.05, 0) is 48.1 Å². The Labute approximate surface area is 246 Å². The van der Waals surface area contributed by atoms with Crippen LogP contribution in [-0.2, 0) is 6.54 Å². The van der Waals surface area contributed by atoms with E-state index < -0.39 is 0 Å². The van der Waals surface area contributed by atoms with Crippen LogP contribution < -0.4 is 30.2 Å². The van der Waals surface area contributed by atoms with E-state index in [2.05, 4.69) is 102 Å². The second-order valence-corrected chi connectivity index (χ2v) is 10.6. The smallest absolute Gasteiger partial charge is 0.232 e. The zero-order valence-corrected chi connectivity index (χ0v) is 23.9. The Balaban J connectivity index is 1.17. The van der Waals surface area contributed by atoms with E-state index in [9.17, 15) is 0 Å². The van der Waals surface area contributed by atoms with Gasteiger partial charge >= 0.3 is 0 Å². The average molecular weight is 566 g/mol. The van der Waals surface area contributed by atoms with Crippen LogP contribution in [0.4, 0.5) is 29.0 Å². The standard InChI is InChI=1S/C31H35N9S/c41-31(33-24-25-8-7-13-32-23-25)36-30-34-28(39-18-14-37(15-19-39)26-9-3-1-4-10-26)22-29(35-30)40-20-16-38(17-21-40)27-11-5-2-6-12-27/h1-13,22-23H,14-21,24H2,(H2,33,34,35,36,41). The van der Waals surface area contributed by atoms with Crippen molar-refractivity contribution in [2.75, 3.05) is 77.3 Å². The Hall–Kier alpha value is -4.44. The van der Waals surface area contributed by atoms with Crippen molar-refractivity contribution in [2.45, 2.75) is 6.54 Å². The van der Waals surface area contributed by atoms with E-state index in [1.807, 2.05) is 18.3 Å². The maximum absolute atomic E-state index is 5.61. The highest BCUT2D eigenvalue weighted by atomic mass is 32.1. The topological polar surface area (TPSA) is 75.7 Å². The summed E-state index contributed by atoms with van der Waals surface area (Å²) >= 11 is 5.61. The summed E-state index contributed by atoms with van der Waals surface area (Å²) in [7, 11) is 0. The number of anilines is 5. The molecule has 2 N–H and O–H groups in total. The first-order valence-corrected chi connectivity index (χ1v) is 14.5. The number of hydrogen-bond acceptors (Lipinski definition) is 8. The van der Waals surface area contributed by atoms with E-state index in [1.54, 1.807) is 6.20 Å². The van der Waals surface area contributed by atoms with Crippen molar-refractivity contribution in [3.63, 3.8) is 0 Å². The van der Waals surface area contributed by atoms with Gasteiger partial charge < -0.3 is 30.2 Å². The summed E-state index contributed by atoms with van der Waals surface area (Å²) in [5.74, 6) is 2.36. The molecule has 0 aliphatic carbocycles. The van der Waals surface area contributed by atoms with Crippen LogP contribution in [-0.4, -0.2) is 72.4 Å². The van der Waals surface area contributed by atoms with Gasteiger partial charge in [-0.25, -0.2) is 0 Å². The molecule has 0 bridgehead atoms. The molecule has 0 saturated carbocycles. The van der Waals surface area contributed by atoms with Crippen molar-refractivity contribution >= 4 is 46.3 Å². The number of aromatic nitrogens is 3. The third kappa shape index (κ3) is 6.83. The van der Waals surface area contributed by atoms with Crippen LogP contribution in [0.1, 0.15) is 5.56 Å². The van der Waals surface area contributed by atoms with Crippen LogP contribution >= 0.6 is 12.2 Å². The molecule has 2 fully saturated rings. The first kappa shape index (κ1) is 26.8. The lowest BCUT2D eigenvalue weighted by Crippen LogP contribution is -2.48. The lowest BCUT2D eigenvalue weighted by atomic mass is 10.2. The highest BCUT2D eigenvalue weighted by molar-refractivity contribution is 7.80. The van der Waals surface area contributed by atoms with Crippen molar-refractivity contribution in [2.24, 2.45) is 0 Å². The van der Waals surface area contributed by atoms with Crippen molar-refractivity contribution in [1.82, 2.24) is 20.3 Å². The number of thiocarbonyl (C=S) groups is 1. The van der Waals surface area contributed by atoms with Gasteiger partial charge in [-0.2, -0.15) is 9.97 Å². The van der Waals surface area contributed by atoms with Crippen molar-refractivity contribution in [3.05, 3.63) is 96.8 Å². The largest absolute Gasteiger partial charge is 0.368 e. The fraction of sp³-hybridized carbons (Fsp3) is 0.290. The number of nitrogens with one attached hydrogen (secondary N) is 2. The molecule has 0 radical (unpaired) electrons. The predicted molar refractivity (Wildman–Crippen MR) is 171 cm³/mol. The van der Waals surface area contributed by atoms with Crippen LogP contribution in [0.5, 0.6) is 0 Å². The van der Waals surface area contributed by atoms with E-state index in [0.29, 0.717) is 17.6 Å². The summed E-state index contributed by atoms with van der Waals surface area (Å²) in [5, 5.41) is 6.98. The van der Waals surface area contributed by atoms with E-state index in [-0.39, 0.29) is 0 Å². The molecule has 0 unspecified atom stereocenters. The average Bonchev–Trinajstić information content (AvgIpc) is 3.05. The van der Waals surface area contributed by atoms with Gasteiger partial charge in [0.15, 0.2) is 5.11 Å². The molecular formula is C31H35N9S. The van der Waals surface area contributed by atoms with Crippen LogP contribution in [0, 0.1) is 0 Å². The van der Waals surface area contributed by atoms with Crippen molar-refractivity contribution in [1.29, 1.82) is 0 Å². The summed E-state index contributed by atoms with van der Waals surface area (Å²) in [4.78, 5) is 23.6. The molecule has 4 heterocycles. The Morgan fingerprint density at radius 2 is 1.17 bits per heavy atom. The normalized spacial score (nSPS) is 15.5. The zero-order valence-electron chi connectivity index (χ0n) is 23.1. The summed E-state index contributed by atoms with van der Waals surface area (Å²) in [6, 6.07) is 27.3. The Morgan fingerprint density at radius 3 is 1.66 bits per heavy atom. The zero-order chi connectivity index (χ0) is 27.9. The molecule has 2 aromatic heterocycles. The molecule has 9 nitrogen and oxygen atoms in total. The molecule has 0 amide bonds. The monoisotopic (exact) mass is 565 g/mol. The second kappa shape index (κ2) is 12.8. The summed E-state index contributed by atoms with van der Waals surface area (Å²) in [5.41, 5.74) is 3.58. The molecule has 2 saturated heterocycles. The molecule has 2 aliphatic rings. The second-order valence-electron chi connectivity index (χ2n) is 10.2. The quantitative estimate of drug-likeness (QED) is 0.321. The first-order chi connectivity index (χ1) is 20.2. The van der Waals surface area contributed by atoms with Gasteiger partial charge in [0, 0.05) is 88.7 Å². The molecule has 10 heteroatoms. The number of hydrogen-bond donors (Lipinski definition) is 2. The number of para-hydroxylation sites is 2. The molecule has 2 aliphatic heterocycles. The number of nitrogens with zero attached hydrogens (tertiary/aromatic N) is 7. The van der Waals surface area contributed by atoms with Crippen molar-refractivity contribution < 1.29 is 0 Å². The number of piperazine rings is 2. The van der Waals surface area contributed by atoms with Crippen LogP contribution in [0.3, 0.4) is 0 Å². The van der Waals surface area contributed by atoms with Crippen molar-refractivity contribution in [3.8, 4) is 0 Å². The van der Waals surface area contributed by atoms with E-state index in [4.69, 9.17) is 22.2 Å². The number of pyridine rings is 1. The molecule has 2 aromatic carbocycles. The maximum atomic E-state index is 5.61. The van der Waals surface area contributed by atoms with Crippen LogP contribution in [0.25, 0.3) is 0 Å². The lowest BCUT2D eigenvalue weighted by molar-refractivity contribution is 0.639. The summed E-state index contributed by atoms with van der Waals surface area (Å²) < 4.78 is 0. The minimum absolute atomic E-state index is 0.486. The van der Waals surface area contributed by atoms with Gasteiger partial charge in [0.05, 0.1) is 0 Å². The molecule has 210 valence electrons. The van der Waals surface area contributed by atoms with E-state index in [0.717, 1.165) is 69.6 Å². The number of rotatable bonds is 7. The highest BCUT2D eigenvalue weighted by Crippen LogP contribution is 2.26. The molecule has 4 aromatic rings. The SMILES string of the molecule is S=C(NCc1cccnc1)Nc1nc(N2CCN(c3ccccc3)CC2)cc(N2CCN(c3ccccc3)CC2)n1. The van der Waals surface area contributed by atoms with Gasteiger partial charge in [-0.15, -0.1) is 0 Å². The third-order valence-corrected chi connectivity index (χ3v) is 7.80. The fourth-order valence-electron chi connectivity index (χ4n) is 5.30. The van der Waals surface area contributed by atoms with Gasteiger partial charge in [0.25, 0.3) is 0 Å². The molecule has 0 atom stereocenters. The lowest BCUT2D eigenvalue weighted by Gasteiger charge is -2.38. The van der Waals surface area contributed by atoms with E-state index in [1.165, 1.54) is 11.4 Å². The third-order valence-electron chi connectivity index (χ3n) is 7.55. The first-order valence-electron chi connectivity index (χ1n) is 14.1. The van der Waals surface area contributed by atoms with Crippen LogP contribution in [0.15, 0.2) is 91.3 Å². The molecule has 41 heavy (non-hydrogen) atoms. The van der Waals surface area contributed by atoms with E-state index >= 15 is 0 Å². The number of benzene rings is 2. The summed E-state index contributed by atoms with van der Waals surface area (Å²) in [6.07, 6.45) is 3.59. The van der Waals surface area contributed by atoms with Gasteiger partial charge in [-0.3, -0.25) is 4.98 Å². The molecule has 0 spiro atoms. The van der Waals surface area contributed by atoms with Crippen LogP contribution in [0.2, 0.25) is 0 Å². The summed E-state index contributed by atoms with van der Waals surface area (Å²) in [6.45, 7) is 7.87.